The maximum atomic E-state index is 13.1. The lowest BCUT2D eigenvalue weighted by Gasteiger charge is -2.27. The van der Waals surface area contributed by atoms with Gasteiger partial charge in [-0.3, -0.25) is 14.5 Å². The van der Waals surface area contributed by atoms with E-state index < -0.39 is 5.54 Å². The second-order valence-electron chi connectivity index (χ2n) is 9.22. The highest BCUT2D eigenvalue weighted by molar-refractivity contribution is 6.07. The summed E-state index contributed by atoms with van der Waals surface area (Å²) in [6.07, 6.45) is 12.6. The lowest BCUT2D eigenvalue weighted by molar-refractivity contribution is -0.132. The van der Waals surface area contributed by atoms with Crippen molar-refractivity contribution in [3.8, 4) is 0 Å². The third kappa shape index (κ3) is 3.85. The molecule has 2 aliphatic carbocycles. The first-order chi connectivity index (χ1) is 13.1. The van der Waals surface area contributed by atoms with Gasteiger partial charge < -0.3 is 10.2 Å². The van der Waals surface area contributed by atoms with Gasteiger partial charge in [0, 0.05) is 32.0 Å². The number of imide groups is 1. The summed E-state index contributed by atoms with van der Waals surface area (Å²) in [5, 5.41) is 3.01. The highest BCUT2D eigenvalue weighted by Crippen LogP contribution is 2.34. The molecule has 150 valence electrons. The van der Waals surface area contributed by atoms with Gasteiger partial charge in [-0.05, 0) is 31.6 Å². The van der Waals surface area contributed by atoms with Gasteiger partial charge in [0.15, 0.2) is 0 Å². The predicted molar refractivity (Wildman–Crippen MR) is 102 cm³/mol. The molecule has 0 radical (unpaired) electrons. The van der Waals surface area contributed by atoms with Crippen LogP contribution < -0.4 is 5.32 Å². The Morgan fingerprint density at radius 1 is 0.852 bits per heavy atom. The van der Waals surface area contributed by atoms with Gasteiger partial charge in [0.1, 0.15) is 5.54 Å². The quantitative estimate of drug-likeness (QED) is 0.768. The number of carbonyl (C=O) groups is 3. The number of rotatable bonds is 4. The van der Waals surface area contributed by atoms with E-state index in [0.717, 1.165) is 45.1 Å². The van der Waals surface area contributed by atoms with Crippen LogP contribution in [0.25, 0.3) is 0 Å². The van der Waals surface area contributed by atoms with Crippen molar-refractivity contribution in [1.82, 2.24) is 15.1 Å². The van der Waals surface area contributed by atoms with Gasteiger partial charge in [0.2, 0.25) is 5.91 Å². The second-order valence-corrected chi connectivity index (χ2v) is 9.22. The SMILES string of the molecule is O=C1CC(CN2C(=O)NC3(CCCCCC3)C2=O)CN1CC1CCCCC1. The molecular weight excluding hydrogens is 342 g/mol. The lowest BCUT2D eigenvalue weighted by Crippen LogP contribution is -2.46. The van der Waals surface area contributed by atoms with E-state index in [1.165, 1.54) is 37.0 Å². The van der Waals surface area contributed by atoms with Crippen LogP contribution >= 0.6 is 0 Å². The summed E-state index contributed by atoms with van der Waals surface area (Å²) in [5.74, 6) is 0.860. The van der Waals surface area contributed by atoms with Gasteiger partial charge >= 0.3 is 6.03 Å². The van der Waals surface area contributed by atoms with Crippen LogP contribution in [-0.2, 0) is 9.59 Å². The maximum absolute atomic E-state index is 13.1. The van der Waals surface area contributed by atoms with Crippen LogP contribution in [0, 0.1) is 11.8 Å². The molecule has 2 aliphatic heterocycles. The highest BCUT2D eigenvalue weighted by Gasteiger charge is 2.51. The zero-order valence-corrected chi connectivity index (χ0v) is 16.4. The number of carbonyl (C=O) groups excluding carboxylic acids is 3. The molecule has 4 rings (SSSR count). The van der Waals surface area contributed by atoms with Gasteiger partial charge in [-0.2, -0.15) is 0 Å². The second kappa shape index (κ2) is 7.80. The van der Waals surface area contributed by atoms with E-state index in [2.05, 4.69) is 5.32 Å². The number of hydrogen-bond acceptors (Lipinski definition) is 3. The average Bonchev–Trinajstić information content (AvgIpc) is 2.98. The molecule has 6 heteroatoms. The molecule has 1 N–H and O–H groups in total. The summed E-state index contributed by atoms with van der Waals surface area (Å²) < 4.78 is 0. The first-order valence-electron chi connectivity index (χ1n) is 11.0. The largest absolute Gasteiger partial charge is 0.342 e. The Hall–Kier alpha value is -1.59. The molecule has 4 amide bonds. The Kier molecular flexibility index (Phi) is 5.42. The monoisotopic (exact) mass is 375 g/mol. The summed E-state index contributed by atoms with van der Waals surface area (Å²) >= 11 is 0. The normalized spacial score (nSPS) is 29.5. The van der Waals surface area contributed by atoms with E-state index in [1.807, 2.05) is 4.90 Å². The molecule has 4 aliphatic rings. The van der Waals surface area contributed by atoms with Gasteiger partial charge in [0.25, 0.3) is 5.91 Å². The van der Waals surface area contributed by atoms with Crippen LogP contribution in [0.3, 0.4) is 0 Å². The van der Waals surface area contributed by atoms with Crippen molar-refractivity contribution in [2.45, 2.75) is 82.6 Å². The molecule has 2 saturated heterocycles. The maximum Gasteiger partial charge on any atom is 0.325 e. The van der Waals surface area contributed by atoms with E-state index in [0.29, 0.717) is 25.4 Å². The van der Waals surface area contributed by atoms with Crippen molar-refractivity contribution >= 4 is 17.8 Å². The summed E-state index contributed by atoms with van der Waals surface area (Å²) in [5.41, 5.74) is -0.669. The minimum absolute atomic E-state index is 0.0485. The van der Waals surface area contributed by atoms with Crippen molar-refractivity contribution in [3.05, 3.63) is 0 Å². The zero-order chi connectivity index (χ0) is 18.9. The van der Waals surface area contributed by atoms with Crippen LogP contribution in [0.2, 0.25) is 0 Å². The first-order valence-corrected chi connectivity index (χ1v) is 11.0. The Bertz CT molecular complexity index is 591. The lowest BCUT2D eigenvalue weighted by atomic mass is 9.89. The minimum atomic E-state index is -0.669. The van der Waals surface area contributed by atoms with E-state index >= 15 is 0 Å². The average molecular weight is 376 g/mol. The van der Waals surface area contributed by atoms with E-state index in [-0.39, 0.29) is 23.8 Å². The summed E-state index contributed by atoms with van der Waals surface area (Å²) in [4.78, 5) is 41.4. The fourth-order valence-electron chi connectivity index (χ4n) is 5.61. The standard InChI is InChI=1S/C21H33N3O3/c25-18-12-17(14-23(18)13-16-8-4-3-5-9-16)15-24-19(26)21(22-20(24)27)10-6-1-2-7-11-21/h16-17H,1-15H2,(H,22,27). The van der Waals surface area contributed by atoms with Crippen LogP contribution in [0.5, 0.6) is 0 Å². The molecule has 1 spiro atoms. The number of hydrogen-bond donors (Lipinski definition) is 1. The van der Waals surface area contributed by atoms with Crippen molar-refractivity contribution in [1.29, 1.82) is 0 Å². The Morgan fingerprint density at radius 3 is 2.22 bits per heavy atom. The smallest absolute Gasteiger partial charge is 0.325 e. The van der Waals surface area contributed by atoms with Crippen LogP contribution in [0.4, 0.5) is 4.79 Å². The van der Waals surface area contributed by atoms with Gasteiger partial charge in [0.05, 0.1) is 0 Å². The Morgan fingerprint density at radius 2 is 1.52 bits per heavy atom. The topological polar surface area (TPSA) is 69.7 Å². The van der Waals surface area contributed by atoms with Crippen molar-refractivity contribution in [3.63, 3.8) is 0 Å². The zero-order valence-electron chi connectivity index (χ0n) is 16.4. The minimum Gasteiger partial charge on any atom is -0.342 e. The predicted octanol–water partition coefficient (Wildman–Crippen LogP) is 3.06. The third-order valence-corrected chi connectivity index (χ3v) is 7.14. The molecule has 0 aromatic heterocycles. The molecule has 2 heterocycles. The van der Waals surface area contributed by atoms with Crippen LogP contribution in [-0.4, -0.2) is 52.8 Å². The van der Waals surface area contributed by atoms with E-state index in [9.17, 15) is 14.4 Å². The first kappa shape index (κ1) is 18.8. The fourth-order valence-corrected chi connectivity index (χ4v) is 5.61. The summed E-state index contributed by atoms with van der Waals surface area (Å²) in [6, 6.07) is -0.250. The molecule has 0 aromatic rings. The summed E-state index contributed by atoms with van der Waals surface area (Å²) in [6.45, 7) is 1.94. The molecule has 27 heavy (non-hydrogen) atoms. The molecule has 1 atom stereocenters. The van der Waals surface area contributed by atoms with Crippen molar-refractivity contribution in [2.24, 2.45) is 11.8 Å². The molecule has 6 nitrogen and oxygen atoms in total. The third-order valence-electron chi connectivity index (χ3n) is 7.14. The van der Waals surface area contributed by atoms with Crippen LogP contribution in [0.1, 0.15) is 77.0 Å². The Balaban J connectivity index is 1.35. The fraction of sp³-hybridized carbons (Fsp3) is 0.857. The van der Waals surface area contributed by atoms with Gasteiger partial charge in [-0.1, -0.05) is 44.9 Å². The number of urea groups is 1. The van der Waals surface area contributed by atoms with Gasteiger partial charge in [-0.25, -0.2) is 4.79 Å². The number of amides is 4. The van der Waals surface area contributed by atoms with E-state index in [1.54, 1.807) is 0 Å². The number of nitrogens with one attached hydrogen (secondary N) is 1. The molecule has 2 saturated carbocycles. The molecule has 0 aromatic carbocycles. The van der Waals surface area contributed by atoms with Gasteiger partial charge in [-0.15, -0.1) is 0 Å². The summed E-state index contributed by atoms with van der Waals surface area (Å²) in [7, 11) is 0. The Labute approximate surface area is 162 Å². The number of nitrogens with zero attached hydrogens (tertiary/aromatic N) is 2. The molecule has 1 unspecified atom stereocenters. The molecular formula is C21H33N3O3. The molecule has 4 fully saturated rings. The molecule has 0 bridgehead atoms. The highest BCUT2D eigenvalue weighted by atomic mass is 16.2. The number of likely N-dealkylation sites (tertiary alicyclic amines) is 1. The van der Waals surface area contributed by atoms with Crippen LogP contribution in [0.15, 0.2) is 0 Å². The van der Waals surface area contributed by atoms with Crippen molar-refractivity contribution in [2.75, 3.05) is 19.6 Å². The van der Waals surface area contributed by atoms with E-state index in [4.69, 9.17) is 0 Å². The van der Waals surface area contributed by atoms with Crippen molar-refractivity contribution < 1.29 is 14.4 Å².